The van der Waals surface area contributed by atoms with Crippen LogP contribution >= 0.6 is 0 Å². The van der Waals surface area contributed by atoms with E-state index in [2.05, 4.69) is 43.3 Å². The number of nitrogens with zero attached hydrogens (tertiary/aromatic N) is 3. The Balaban J connectivity index is 3.24. The summed E-state index contributed by atoms with van der Waals surface area (Å²) in [4.78, 5) is 6.63. The normalized spacial score (nSPS) is 10.8. The maximum Gasteiger partial charge on any atom is 0.130 e. The molecule has 0 bridgehead atoms. The van der Waals surface area contributed by atoms with E-state index < -0.39 is 0 Å². The molecule has 0 aliphatic heterocycles. The SMILES string of the molecule is C=CCN(c1cc(C#N)cc(C)n1)C(C)(C)C. The minimum Gasteiger partial charge on any atom is -0.348 e. The second-order valence-electron chi connectivity index (χ2n) is 5.04. The fourth-order valence-corrected chi connectivity index (χ4v) is 1.69. The molecule has 3 heteroatoms. The van der Waals surface area contributed by atoms with E-state index in [4.69, 9.17) is 5.26 Å². The fraction of sp³-hybridized carbons (Fsp3) is 0.429. The third kappa shape index (κ3) is 3.32. The Morgan fingerprint density at radius 1 is 1.47 bits per heavy atom. The Morgan fingerprint density at radius 2 is 2.12 bits per heavy atom. The molecule has 0 aliphatic carbocycles. The van der Waals surface area contributed by atoms with Crippen molar-refractivity contribution in [3.8, 4) is 6.07 Å². The van der Waals surface area contributed by atoms with Gasteiger partial charge in [-0.25, -0.2) is 4.98 Å². The van der Waals surface area contributed by atoms with Gasteiger partial charge in [0, 0.05) is 17.8 Å². The molecule has 0 aromatic carbocycles. The topological polar surface area (TPSA) is 39.9 Å². The van der Waals surface area contributed by atoms with Crippen LogP contribution in [0.25, 0.3) is 0 Å². The average molecular weight is 229 g/mol. The molecule has 0 atom stereocenters. The highest BCUT2D eigenvalue weighted by atomic mass is 15.2. The lowest BCUT2D eigenvalue weighted by molar-refractivity contribution is 0.517. The second-order valence-corrected chi connectivity index (χ2v) is 5.04. The summed E-state index contributed by atoms with van der Waals surface area (Å²) in [5.74, 6) is 0.828. The van der Waals surface area contributed by atoms with Gasteiger partial charge in [-0.1, -0.05) is 6.08 Å². The molecule has 17 heavy (non-hydrogen) atoms. The van der Waals surface area contributed by atoms with Crippen LogP contribution in [0.1, 0.15) is 32.0 Å². The predicted octanol–water partition coefficient (Wildman–Crippen LogP) is 3.05. The van der Waals surface area contributed by atoms with E-state index in [1.807, 2.05) is 19.1 Å². The van der Waals surface area contributed by atoms with E-state index in [1.54, 1.807) is 6.07 Å². The number of hydrogen-bond donors (Lipinski definition) is 0. The Labute approximate surface area is 103 Å². The fourth-order valence-electron chi connectivity index (χ4n) is 1.69. The Bertz CT molecular complexity index is 450. The van der Waals surface area contributed by atoms with Gasteiger partial charge in [0.1, 0.15) is 5.82 Å². The van der Waals surface area contributed by atoms with E-state index in [9.17, 15) is 0 Å². The van der Waals surface area contributed by atoms with Crippen molar-refractivity contribution in [2.75, 3.05) is 11.4 Å². The van der Waals surface area contributed by atoms with E-state index in [-0.39, 0.29) is 5.54 Å². The highest BCUT2D eigenvalue weighted by Crippen LogP contribution is 2.23. The summed E-state index contributed by atoms with van der Waals surface area (Å²) in [7, 11) is 0. The first-order chi connectivity index (χ1) is 7.88. The first kappa shape index (κ1) is 13.2. The van der Waals surface area contributed by atoms with Gasteiger partial charge in [0.15, 0.2) is 0 Å². The van der Waals surface area contributed by atoms with Crippen molar-refractivity contribution in [2.45, 2.75) is 33.2 Å². The van der Waals surface area contributed by atoms with Crippen molar-refractivity contribution in [1.82, 2.24) is 4.98 Å². The summed E-state index contributed by atoms with van der Waals surface area (Å²) in [6.45, 7) is 12.7. The van der Waals surface area contributed by atoms with E-state index in [0.29, 0.717) is 12.1 Å². The van der Waals surface area contributed by atoms with Gasteiger partial charge in [-0.3, -0.25) is 0 Å². The molecule has 0 unspecified atom stereocenters. The zero-order valence-electron chi connectivity index (χ0n) is 11.0. The van der Waals surface area contributed by atoms with Gasteiger partial charge in [-0.05, 0) is 39.8 Å². The maximum atomic E-state index is 8.98. The Hall–Kier alpha value is -1.82. The number of hydrogen-bond acceptors (Lipinski definition) is 3. The van der Waals surface area contributed by atoms with Gasteiger partial charge in [-0.2, -0.15) is 5.26 Å². The van der Waals surface area contributed by atoms with Crippen LogP contribution in [-0.4, -0.2) is 17.1 Å². The van der Waals surface area contributed by atoms with Gasteiger partial charge in [0.2, 0.25) is 0 Å². The zero-order valence-corrected chi connectivity index (χ0v) is 11.0. The third-order valence-electron chi connectivity index (χ3n) is 2.47. The molecule has 0 amide bonds. The molecule has 0 saturated heterocycles. The standard InChI is InChI=1S/C14H19N3/c1-6-7-17(14(3,4)5)13-9-12(10-15)8-11(2)16-13/h6,8-9H,1,7H2,2-5H3. The minimum absolute atomic E-state index is 0.0539. The first-order valence-corrected chi connectivity index (χ1v) is 5.66. The van der Waals surface area contributed by atoms with Crippen molar-refractivity contribution in [3.63, 3.8) is 0 Å². The van der Waals surface area contributed by atoms with Crippen LogP contribution in [0.4, 0.5) is 5.82 Å². The highest BCUT2D eigenvalue weighted by molar-refractivity contribution is 5.48. The molecular weight excluding hydrogens is 210 g/mol. The summed E-state index contributed by atoms with van der Waals surface area (Å²) in [5.41, 5.74) is 1.45. The molecule has 0 aliphatic rings. The van der Waals surface area contributed by atoms with Crippen LogP contribution in [0.15, 0.2) is 24.8 Å². The number of pyridine rings is 1. The van der Waals surface area contributed by atoms with Crippen LogP contribution in [-0.2, 0) is 0 Å². The second kappa shape index (κ2) is 5.01. The molecule has 0 radical (unpaired) electrons. The van der Waals surface area contributed by atoms with Gasteiger partial charge in [0.05, 0.1) is 11.6 Å². The molecule has 1 rings (SSSR count). The van der Waals surface area contributed by atoms with Crippen LogP contribution in [0.5, 0.6) is 0 Å². The Morgan fingerprint density at radius 3 is 2.59 bits per heavy atom. The van der Waals surface area contributed by atoms with Crippen molar-refractivity contribution in [3.05, 3.63) is 36.0 Å². The lowest BCUT2D eigenvalue weighted by Crippen LogP contribution is -2.42. The molecule has 0 fully saturated rings. The summed E-state index contributed by atoms with van der Waals surface area (Å²) in [5, 5.41) is 8.98. The lowest BCUT2D eigenvalue weighted by atomic mass is 10.1. The third-order valence-corrected chi connectivity index (χ3v) is 2.47. The van der Waals surface area contributed by atoms with Crippen molar-refractivity contribution in [2.24, 2.45) is 0 Å². The zero-order chi connectivity index (χ0) is 13.1. The summed E-state index contributed by atoms with van der Waals surface area (Å²) in [6, 6.07) is 5.78. The summed E-state index contributed by atoms with van der Waals surface area (Å²) < 4.78 is 0. The number of rotatable bonds is 3. The van der Waals surface area contributed by atoms with E-state index >= 15 is 0 Å². The Kier molecular flexibility index (Phi) is 3.90. The van der Waals surface area contributed by atoms with E-state index in [1.165, 1.54) is 0 Å². The smallest absolute Gasteiger partial charge is 0.130 e. The lowest BCUT2D eigenvalue weighted by Gasteiger charge is -2.36. The van der Waals surface area contributed by atoms with Crippen LogP contribution < -0.4 is 4.90 Å². The monoisotopic (exact) mass is 229 g/mol. The van der Waals surface area contributed by atoms with Gasteiger partial charge >= 0.3 is 0 Å². The largest absolute Gasteiger partial charge is 0.348 e. The van der Waals surface area contributed by atoms with Crippen molar-refractivity contribution < 1.29 is 0 Å². The molecular formula is C14H19N3. The molecule has 1 aromatic rings. The molecule has 1 aromatic heterocycles. The molecule has 90 valence electrons. The maximum absolute atomic E-state index is 8.98. The predicted molar refractivity (Wildman–Crippen MR) is 71.0 cm³/mol. The van der Waals surface area contributed by atoms with Crippen molar-refractivity contribution in [1.29, 1.82) is 5.26 Å². The van der Waals surface area contributed by atoms with Crippen LogP contribution in [0.2, 0.25) is 0 Å². The molecule has 1 heterocycles. The average Bonchev–Trinajstić information content (AvgIpc) is 2.23. The molecule has 0 N–H and O–H groups in total. The van der Waals surface area contributed by atoms with Gasteiger partial charge in [0.25, 0.3) is 0 Å². The minimum atomic E-state index is -0.0539. The molecule has 0 spiro atoms. The summed E-state index contributed by atoms with van der Waals surface area (Å²) >= 11 is 0. The number of aromatic nitrogens is 1. The van der Waals surface area contributed by atoms with Crippen LogP contribution in [0.3, 0.4) is 0 Å². The molecule has 0 saturated carbocycles. The quantitative estimate of drug-likeness (QED) is 0.748. The van der Waals surface area contributed by atoms with Gasteiger partial charge in [-0.15, -0.1) is 6.58 Å². The van der Waals surface area contributed by atoms with E-state index in [0.717, 1.165) is 11.5 Å². The first-order valence-electron chi connectivity index (χ1n) is 5.66. The highest BCUT2D eigenvalue weighted by Gasteiger charge is 2.22. The summed E-state index contributed by atoms with van der Waals surface area (Å²) in [6.07, 6.45) is 1.85. The number of anilines is 1. The molecule has 3 nitrogen and oxygen atoms in total. The number of nitriles is 1. The number of aryl methyl sites for hydroxylation is 1. The van der Waals surface area contributed by atoms with Crippen LogP contribution in [0, 0.1) is 18.3 Å². The van der Waals surface area contributed by atoms with Gasteiger partial charge < -0.3 is 4.90 Å². The van der Waals surface area contributed by atoms with Crippen molar-refractivity contribution >= 4 is 5.82 Å².